The number of rotatable bonds is 2. The highest BCUT2D eigenvalue weighted by Crippen LogP contribution is 2.36. The van der Waals surface area contributed by atoms with E-state index in [0.717, 1.165) is 35.5 Å². The van der Waals surface area contributed by atoms with Gasteiger partial charge in [0, 0.05) is 29.9 Å². The van der Waals surface area contributed by atoms with Gasteiger partial charge >= 0.3 is 0 Å². The van der Waals surface area contributed by atoms with Crippen molar-refractivity contribution in [3.8, 4) is 11.1 Å². The predicted octanol–water partition coefficient (Wildman–Crippen LogP) is 5.06. The third-order valence-electron chi connectivity index (χ3n) is 4.99. The molecule has 1 aliphatic heterocycles. The zero-order valence-corrected chi connectivity index (χ0v) is 15.5. The van der Waals surface area contributed by atoms with Crippen molar-refractivity contribution in [1.82, 2.24) is 5.16 Å². The summed E-state index contributed by atoms with van der Waals surface area (Å²) < 4.78 is 11.3. The van der Waals surface area contributed by atoms with Crippen LogP contribution in [-0.4, -0.2) is 24.4 Å². The predicted molar refractivity (Wildman–Crippen MR) is 104 cm³/mol. The summed E-state index contributed by atoms with van der Waals surface area (Å²) in [5, 5.41) is 4.12. The van der Waals surface area contributed by atoms with Crippen LogP contribution in [0.4, 0.5) is 11.4 Å². The number of benzene rings is 2. The van der Waals surface area contributed by atoms with Gasteiger partial charge in [0.15, 0.2) is 0 Å². The molecule has 2 heterocycles. The second-order valence-corrected chi connectivity index (χ2v) is 6.92. The van der Waals surface area contributed by atoms with Gasteiger partial charge in [0.2, 0.25) is 0 Å². The molecule has 26 heavy (non-hydrogen) atoms. The molecule has 4 rings (SSSR count). The van der Waals surface area contributed by atoms with Crippen LogP contribution in [0.1, 0.15) is 23.9 Å². The number of anilines is 2. The largest absolute Gasteiger partial charge is 0.376 e. The van der Waals surface area contributed by atoms with Crippen LogP contribution in [-0.2, 0) is 11.2 Å². The van der Waals surface area contributed by atoms with Crippen molar-refractivity contribution in [2.75, 3.05) is 18.1 Å². The van der Waals surface area contributed by atoms with Crippen LogP contribution in [0.3, 0.4) is 0 Å². The Balaban J connectivity index is 1.86. The van der Waals surface area contributed by atoms with Gasteiger partial charge in [-0.2, -0.15) is 0 Å². The number of nitrogens with zero attached hydrogens (tertiary/aromatic N) is 2. The van der Waals surface area contributed by atoms with E-state index in [0.29, 0.717) is 6.61 Å². The Kier molecular flexibility index (Phi) is 4.51. The molecule has 2 aromatic carbocycles. The lowest BCUT2D eigenvalue weighted by atomic mass is 9.97. The van der Waals surface area contributed by atoms with Gasteiger partial charge in [-0.25, -0.2) is 0 Å². The Labute approximate surface area is 154 Å². The zero-order valence-electron chi connectivity index (χ0n) is 15.5. The van der Waals surface area contributed by atoms with E-state index in [2.05, 4.69) is 59.4 Å². The normalized spacial score (nSPS) is 17.5. The maximum absolute atomic E-state index is 5.97. The Morgan fingerprint density at radius 2 is 1.88 bits per heavy atom. The van der Waals surface area contributed by atoms with Gasteiger partial charge in [0.1, 0.15) is 5.76 Å². The Morgan fingerprint density at radius 3 is 2.62 bits per heavy atom. The molecule has 0 N–H and O–H groups in total. The molecule has 0 amide bonds. The SMILES string of the molecule is Cc1noc(C)c1-c1ccc2c(c1)N(c1ccccc1)CCOC(C)C2. The highest BCUT2D eigenvalue weighted by molar-refractivity contribution is 5.76. The summed E-state index contributed by atoms with van der Waals surface area (Å²) in [7, 11) is 0. The molecule has 0 saturated heterocycles. The molecular formula is C22H24N2O2. The fraction of sp³-hybridized carbons (Fsp3) is 0.318. The maximum atomic E-state index is 5.97. The third kappa shape index (κ3) is 3.13. The molecule has 0 saturated carbocycles. The molecule has 4 nitrogen and oxygen atoms in total. The molecule has 1 aromatic heterocycles. The van der Waals surface area contributed by atoms with Gasteiger partial charge in [-0.05, 0) is 50.1 Å². The second kappa shape index (κ2) is 6.96. The molecule has 0 bridgehead atoms. The van der Waals surface area contributed by atoms with Gasteiger partial charge in [-0.1, -0.05) is 35.5 Å². The zero-order chi connectivity index (χ0) is 18.1. The number of ether oxygens (including phenoxy) is 1. The molecule has 0 spiro atoms. The average molecular weight is 348 g/mol. The second-order valence-electron chi connectivity index (χ2n) is 6.92. The molecule has 3 aromatic rings. The number of aromatic nitrogens is 1. The van der Waals surface area contributed by atoms with E-state index >= 15 is 0 Å². The summed E-state index contributed by atoms with van der Waals surface area (Å²) in [4.78, 5) is 2.35. The molecule has 1 atom stereocenters. The molecular weight excluding hydrogens is 324 g/mol. The molecule has 1 aliphatic rings. The quantitative estimate of drug-likeness (QED) is 0.649. The van der Waals surface area contributed by atoms with Crippen LogP contribution in [0.2, 0.25) is 0 Å². The van der Waals surface area contributed by atoms with Crippen molar-refractivity contribution >= 4 is 11.4 Å². The minimum Gasteiger partial charge on any atom is -0.376 e. The summed E-state index contributed by atoms with van der Waals surface area (Å²) in [6, 6.07) is 17.2. The first kappa shape index (κ1) is 16.9. The van der Waals surface area contributed by atoms with Crippen LogP contribution in [0.15, 0.2) is 53.1 Å². The van der Waals surface area contributed by atoms with E-state index in [1.165, 1.54) is 16.9 Å². The summed E-state index contributed by atoms with van der Waals surface area (Å²) in [5.41, 5.74) is 6.89. The van der Waals surface area contributed by atoms with Crippen molar-refractivity contribution in [3.63, 3.8) is 0 Å². The fourth-order valence-corrected chi connectivity index (χ4v) is 3.75. The van der Waals surface area contributed by atoms with E-state index in [9.17, 15) is 0 Å². The summed E-state index contributed by atoms with van der Waals surface area (Å²) in [5.74, 6) is 0.858. The summed E-state index contributed by atoms with van der Waals surface area (Å²) in [6.45, 7) is 7.64. The molecule has 1 unspecified atom stereocenters. The third-order valence-corrected chi connectivity index (χ3v) is 4.99. The minimum absolute atomic E-state index is 0.219. The van der Waals surface area contributed by atoms with Gasteiger partial charge in [-0.3, -0.25) is 0 Å². The number of fused-ring (bicyclic) bond motifs is 1. The van der Waals surface area contributed by atoms with Crippen molar-refractivity contribution in [2.45, 2.75) is 33.3 Å². The molecule has 4 heteroatoms. The van der Waals surface area contributed by atoms with E-state index < -0.39 is 0 Å². The Hall–Kier alpha value is -2.59. The smallest absolute Gasteiger partial charge is 0.141 e. The molecule has 0 radical (unpaired) electrons. The average Bonchev–Trinajstić information content (AvgIpc) is 2.97. The van der Waals surface area contributed by atoms with Crippen LogP contribution in [0, 0.1) is 13.8 Å². The van der Waals surface area contributed by atoms with Crippen LogP contribution < -0.4 is 4.90 Å². The monoisotopic (exact) mass is 348 g/mol. The van der Waals surface area contributed by atoms with Gasteiger partial charge in [0.05, 0.1) is 18.4 Å². The van der Waals surface area contributed by atoms with E-state index in [-0.39, 0.29) is 6.10 Å². The summed E-state index contributed by atoms with van der Waals surface area (Å²) in [6.07, 6.45) is 1.12. The maximum Gasteiger partial charge on any atom is 0.141 e. The lowest BCUT2D eigenvalue weighted by Gasteiger charge is -2.31. The van der Waals surface area contributed by atoms with Crippen molar-refractivity contribution in [1.29, 1.82) is 0 Å². The van der Waals surface area contributed by atoms with Crippen LogP contribution in [0.25, 0.3) is 11.1 Å². The van der Waals surface area contributed by atoms with Gasteiger partial charge in [-0.15, -0.1) is 0 Å². The highest BCUT2D eigenvalue weighted by atomic mass is 16.5. The van der Waals surface area contributed by atoms with Crippen molar-refractivity contribution in [2.24, 2.45) is 0 Å². The summed E-state index contributed by atoms with van der Waals surface area (Å²) >= 11 is 0. The first-order chi connectivity index (χ1) is 12.6. The Morgan fingerprint density at radius 1 is 1.08 bits per heavy atom. The van der Waals surface area contributed by atoms with E-state index in [4.69, 9.17) is 9.26 Å². The molecule has 134 valence electrons. The number of hydrogen-bond acceptors (Lipinski definition) is 4. The first-order valence-electron chi connectivity index (χ1n) is 9.14. The fourth-order valence-electron chi connectivity index (χ4n) is 3.75. The first-order valence-corrected chi connectivity index (χ1v) is 9.14. The van der Waals surface area contributed by atoms with Gasteiger partial charge < -0.3 is 14.2 Å². The molecule has 0 fully saturated rings. The standard InChI is InChI=1S/C22H24N2O2/c1-15-13-18-9-10-19(22-16(2)23-26-17(22)3)14-21(18)24(11-12-25-15)20-7-5-4-6-8-20/h4-10,14-15H,11-13H2,1-3H3. The topological polar surface area (TPSA) is 38.5 Å². The lowest BCUT2D eigenvalue weighted by molar-refractivity contribution is 0.0703. The number of hydrogen-bond donors (Lipinski definition) is 0. The molecule has 0 aliphatic carbocycles. The van der Waals surface area contributed by atoms with E-state index in [1.54, 1.807) is 0 Å². The number of para-hydroxylation sites is 1. The van der Waals surface area contributed by atoms with Gasteiger partial charge in [0.25, 0.3) is 0 Å². The number of aryl methyl sites for hydroxylation is 2. The van der Waals surface area contributed by atoms with Crippen LogP contribution in [0.5, 0.6) is 0 Å². The van der Waals surface area contributed by atoms with Crippen molar-refractivity contribution in [3.05, 3.63) is 65.5 Å². The van der Waals surface area contributed by atoms with E-state index in [1.807, 2.05) is 19.9 Å². The van der Waals surface area contributed by atoms with Crippen LogP contribution >= 0.6 is 0 Å². The Bertz CT molecular complexity index is 882. The van der Waals surface area contributed by atoms with Crippen molar-refractivity contribution < 1.29 is 9.26 Å². The lowest BCUT2D eigenvalue weighted by Crippen LogP contribution is -2.29. The minimum atomic E-state index is 0.219. The highest BCUT2D eigenvalue weighted by Gasteiger charge is 2.21.